The molecule has 8 fully saturated rings. The van der Waals surface area contributed by atoms with Crippen LogP contribution in [0.4, 0.5) is 0 Å². The summed E-state index contributed by atoms with van der Waals surface area (Å²) in [5.41, 5.74) is -4.29. The summed E-state index contributed by atoms with van der Waals surface area (Å²) in [5, 5.41) is 131. The number of fused-ring (bicyclic) bond motifs is 2. The highest BCUT2D eigenvalue weighted by Crippen LogP contribution is 2.89. The number of hydrogen-bond acceptors (Lipinski definition) is 18. The largest absolute Gasteiger partial charge is 0.394 e. The molecule has 0 aromatic carbocycles. The van der Waals surface area contributed by atoms with Crippen molar-refractivity contribution < 1.29 is 89.7 Å². The Morgan fingerprint density at radius 3 is 2.11 bits per heavy atom. The normalized spacial score (nSPS) is 54.3. The van der Waals surface area contributed by atoms with E-state index in [1.807, 2.05) is 0 Å². The van der Waals surface area contributed by atoms with E-state index in [9.17, 15) is 61.3 Å². The fourth-order valence-electron chi connectivity index (χ4n) is 15.2. The van der Waals surface area contributed by atoms with Gasteiger partial charge in [-0.25, -0.2) is 0 Å². The highest BCUT2D eigenvalue weighted by atomic mass is 16.8. The molecule has 5 saturated carbocycles. The van der Waals surface area contributed by atoms with E-state index in [1.54, 1.807) is 13.8 Å². The van der Waals surface area contributed by atoms with Crippen LogP contribution in [0.1, 0.15) is 106 Å². The molecule has 18 heteroatoms. The molecule has 12 N–H and O–H groups in total. The molecule has 8 rings (SSSR count). The van der Waals surface area contributed by atoms with Gasteiger partial charge in [0.2, 0.25) is 0 Å². The van der Waals surface area contributed by atoms with E-state index in [0.29, 0.717) is 31.6 Å². The van der Waals surface area contributed by atoms with Gasteiger partial charge in [-0.15, -0.1) is 0 Å². The van der Waals surface area contributed by atoms with Crippen LogP contribution in [-0.2, 0) is 28.4 Å². The maximum Gasteiger partial charge on any atom is 0.187 e. The molecule has 18 nitrogen and oxygen atoms in total. The minimum Gasteiger partial charge on any atom is -0.394 e. The first-order valence-electron chi connectivity index (χ1n) is 23.7. The number of rotatable bonds is 13. The standard InChI is InChI=1S/C46H78O18/c1-21(22-10-11-43(7)35-23(49)14-26-40(2,3)28(51)15-29(52)46(26)18-44(35,46)13-12-42(22,43)6)8-9-27(50)41(4,5)64-38-33(56)31(54)34(24(16-47)61-38)63-37-32(55)30(53)25(17-59-37)62-39-36(57)45(58,19-48)20-60-39/h21-39,47-58H,8-20H2,1-7H3/t21-,22-,23+,24-,25-,26+,27+,28+,29+,30+,31-,32-,33-,34+,35+,36+,37+,38+,39+,42-,43+,44+,45-,46-/m1/s1. The predicted octanol–water partition coefficient (Wildman–Crippen LogP) is -0.971. The van der Waals surface area contributed by atoms with Gasteiger partial charge in [-0.3, -0.25) is 0 Å². The van der Waals surface area contributed by atoms with Crippen molar-refractivity contribution in [2.45, 2.75) is 210 Å². The van der Waals surface area contributed by atoms with Crippen molar-refractivity contribution in [1.29, 1.82) is 0 Å². The maximum atomic E-state index is 12.1. The van der Waals surface area contributed by atoms with E-state index in [0.717, 1.165) is 32.1 Å². The fraction of sp³-hybridized carbons (Fsp3) is 1.00. The number of ether oxygens (including phenoxy) is 6. The number of aliphatic hydroxyl groups excluding tert-OH is 11. The van der Waals surface area contributed by atoms with E-state index in [1.165, 1.54) is 0 Å². The third kappa shape index (κ3) is 7.33. The molecule has 0 bridgehead atoms. The van der Waals surface area contributed by atoms with Gasteiger partial charge in [0, 0.05) is 11.8 Å². The highest BCUT2D eigenvalue weighted by Gasteiger charge is 2.86. The second kappa shape index (κ2) is 17.0. The van der Waals surface area contributed by atoms with Crippen LogP contribution >= 0.6 is 0 Å². The van der Waals surface area contributed by atoms with Gasteiger partial charge in [-0.2, -0.15) is 0 Å². The van der Waals surface area contributed by atoms with Crippen molar-refractivity contribution >= 4 is 0 Å². The van der Waals surface area contributed by atoms with Crippen LogP contribution in [0.3, 0.4) is 0 Å². The molecule has 0 aromatic heterocycles. The van der Waals surface area contributed by atoms with Gasteiger partial charge in [0.15, 0.2) is 18.9 Å². The molecule has 3 saturated heterocycles. The molecule has 0 unspecified atom stereocenters. The van der Waals surface area contributed by atoms with Gasteiger partial charge in [0.25, 0.3) is 0 Å². The lowest BCUT2D eigenvalue weighted by Gasteiger charge is -2.65. The zero-order valence-corrected chi connectivity index (χ0v) is 38.5. The minimum atomic E-state index is -1.98. The highest BCUT2D eigenvalue weighted by molar-refractivity contribution is 5.34. The quantitative estimate of drug-likeness (QED) is 0.106. The van der Waals surface area contributed by atoms with Gasteiger partial charge in [0.1, 0.15) is 54.4 Å². The SMILES string of the molecule is C[C@H](CC[C@H](O)C(C)(C)O[C@@H]1O[C@H](CO)[C@H](O[C@@H]2OC[C@@H](O[C@@H]3OC[C@](O)(CO)[C@H]3O)[C@H](O)[C@H]2O)[C@H](O)[C@H]1O)[C@H]1CC[C@@]2(C)[C@@H]3[C@@H](O)C[C@H]4C(C)(C)[C@@H](O)C[C@H](O)[C@@]45C[C@@]35CC[C@]12C. The molecule has 3 aliphatic heterocycles. The van der Waals surface area contributed by atoms with Crippen LogP contribution < -0.4 is 0 Å². The summed E-state index contributed by atoms with van der Waals surface area (Å²) in [6, 6.07) is 0. The van der Waals surface area contributed by atoms with Crippen molar-refractivity contribution in [3.8, 4) is 0 Å². The Bertz CT molecular complexity index is 1670. The molecular formula is C46H78O18. The monoisotopic (exact) mass is 919 g/mol. The van der Waals surface area contributed by atoms with Gasteiger partial charge in [-0.1, -0.05) is 34.6 Å². The van der Waals surface area contributed by atoms with Gasteiger partial charge in [0.05, 0.1) is 56.4 Å². The van der Waals surface area contributed by atoms with Gasteiger partial charge in [-0.05, 0) is 111 Å². The maximum absolute atomic E-state index is 12.1. The van der Waals surface area contributed by atoms with Gasteiger partial charge < -0.3 is 89.7 Å². The third-order valence-corrected chi connectivity index (χ3v) is 19.4. The molecule has 0 amide bonds. The average molecular weight is 919 g/mol. The summed E-state index contributed by atoms with van der Waals surface area (Å²) >= 11 is 0. The summed E-state index contributed by atoms with van der Waals surface area (Å²) in [5.74, 6) is 0.652. The van der Waals surface area contributed by atoms with Gasteiger partial charge >= 0.3 is 0 Å². The molecular weight excluding hydrogens is 840 g/mol. The van der Waals surface area contributed by atoms with E-state index in [-0.39, 0.29) is 44.8 Å². The van der Waals surface area contributed by atoms with Crippen molar-refractivity contribution in [3.05, 3.63) is 0 Å². The molecule has 0 aromatic rings. The Kier molecular flexibility index (Phi) is 13.2. The first-order valence-corrected chi connectivity index (χ1v) is 23.7. The molecule has 370 valence electrons. The lowest BCUT2D eigenvalue weighted by Crippen LogP contribution is -2.64. The molecule has 0 radical (unpaired) electrons. The topological polar surface area (TPSA) is 298 Å². The lowest BCUT2D eigenvalue weighted by atomic mass is 9.40. The summed E-state index contributed by atoms with van der Waals surface area (Å²) in [6.45, 7) is 12.2. The summed E-state index contributed by atoms with van der Waals surface area (Å²) in [4.78, 5) is 0. The van der Waals surface area contributed by atoms with Crippen LogP contribution in [0.25, 0.3) is 0 Å². The lowest BCUT2D eigenvalue weighted by molar-refractivity contribution is -0.366. The molecule has 24 atom stereocenters. The molecule has 5 aliphatic carbocycles. The van der Waals surface area contributed by atoms with Crippen LogP contribution in [-0.4, -0.2) is 191 Å². The Morgan fingerprint density at radius 1 is 0.766 bits per heavy atom. The van der Waals surface area contributed by atoms with Crippen molar-refractivity contribution in [2.75, 3.05) is 26.4 Å². The van der Waals surface area contributed by atoms with Crippen LogP contribution in [0.15, 0.2) is 0 Å². The molecule has 2 spiro atoms. The summed E-state index contributed by atoms with van der Waals surface area (Å²) < 4.78 is 34.2. The second-order valence-corrected chi connectivity index (χ2v) is 23.1. The zero-order valence-electron chi connectivity index (χ0n) is 38.5. The van der Waals surface area contributed by atoms with E-state index in [2.05, 4.69) is 34.6 Å². The van der Waals surface area contributed by atoms with Crippen molar-refractivity contribution in [1.82, 2.24) is 0 Å². The third-order valence-electron chi connectivity index (χ3n) is 19.4. The second-order valence-electron chi connectivity index (χ2n) is 23.1. The molecule has 3 heterocycles. The van der Waals surface area contributed by atoms with Crippen LogP contribution in [0, 0.1) is 50.7 Å². The van der Waals surface area contributed by atoms with Crippen LogP contribution in [0.2, 0.25) is 0 Å². The summed E-state index contributed by atoms with van der Waals surface area (Å²) in [7, 11) is 0. The zero-order chi connectivity index (χ0) is 46.9. The van der Waals surface area contributed by atoms with Crippen LogP contribution in [0.5, 0.6) is 0 Å². The first kappa shape index (κ1) is 49.7. The minimum absolute atomic E-state index is 0.0556. The van der Waals surface area contributed by atoms with E-state index < -0.39 is 130 Å². The van der Waals surface area contributed by atoms with E-state index >= 15 is 0 Å². The Labute approximate surface area is 375 Å². The van der Waals surface area contributed by atoms with E-state index in [4.69, 9.17) is 28.4 Å². The fourth-order valence-corrected chi connectivity index (χ4v) is 15.2. The Hall–Kier alpha value is -0.720. The Balaban J connectivity index is 0.856. The summed E-state index contributed by atoms with van der Waals surface area (Å²) in [6.07, 6.45) is -13.1. The molecule has 64 heavy (non-hydrogen) atoms. The van der Waals surface area contributed by atoms with Crippen molar-refractivity contribution in [3.63, 3.8) is 0 Å². The number of hydrogen-bond donors (Lipinski definition) is 12. The molecule has 8 aliphatic rings. The smallest absolute Gasteiger partial charge is 0.187 e. The van der Waals surface area contributed by atoms with Crippen molar-refractivity contribution in [2.24, 2.45) is 50.7 Å². The first-order chi connectivity index (χ1) is 29.8. The number of aliphatic hydroxyl groups is 12. The Morgan fingerprint density at radius 2 is 1.45 bits per heavy atom. The predicted molar refractivity (Wildman–Crippen MR) is 222 cm³/mol. The average Bonchev–Trinajstić information content (AvgIpc) is 3.73.